The lowest BCUT2D eigenvalue weighted by Gasteiger charge is -2.24. The van der Waals surface area contributed by atoms with Gasteiger partial charge in [0.05, 0.1) is 12.3 Å². The number of carbonyl (C=O) groups excluding carboxylic acids is 1. The van der Waals surface area contributed by atoms with Crippen molar-refractivity contribution in [3.05, 3.63) is 34.9 Å². The predicted octanol–water partition coefficient (Wildman–Crippen LogP) is 2.43. The number of benzene rings is 1. The quantitative estimate of drug-likeness (QED) is 0.878. The zero-order chi connectivity index (χ0) is 15.7. The van der Waals surface area contributed by atoms with Gasteiger partial charge in [-0.15, -0.1) is 0 Å². The topological polar surface area (TPSA) is 57.6 Å². The molecule has 1 N–H and O–H groups in total. The number of carbonyl (C=O) groups is 2. The van der Waals surface area contributed by atoms with Crippen molar-refractivity contribution in [2.45, 2.75) is 51.5 Å². The van der Waals surface area contributed by atoms with E-state index in [1.54, 1.807) is 11.8 Å². The van der Waals surface area contributed by atoms with Crippen LogP contribution < -0.4 is 0 Å². The van der Waals surface area contributed by atoms with Crippen molar-refractivity contribution in [2.75, 3.05) is 6.54 Å². The smallest absolute Gasteiger partial charge is 0.308 e. The molecule has 0 heterocycles. The molecule has 4 nitrogen and oxygen atoms in total. The Balaban J connectivity index is 1.67. The fourth-order valence-corrected chi connectivity index (χ4v) is 3.23. The summed E-state index contributed by atoms with van der Waals surface area (Å²) in [5.41, 5.74) is 3.84. The second kappa shape index (κ2) is 6.11. The molecule has 118 valence electrons. The molecule has 1 aromatic rings. The van der Waals surface area contributed by atoms with Gasteiger partial charge in [0.2, 0.25) is 5.91 Å². The summed E-state index contributed by atoms with van der Waals surface area (Å²) in [6.45, 7) is 1.99. The molecule has 0 spiro atoms. The van der Waals surface area contributed by atoms with Crippen LogP contribution in [0.4, 0.5) is 0 Å². The summed E-state index contributed by atoms with van der Waals surface area (Å²) in [7, 11) is 0. The number of rotatable bonds is 6. The molecule has 1 atom stereocenters. The molecule has 2 aliphatic rings. The first-order chi connectivity index (χ1) is 10.5. The average Bonchev–Trinajstić information content (AvgIpc) is 3.21. The highest BCUT2D eigenvalue weighted by atomic mass is 16.4. The molecule has 3 rings (SSSR count). The molecule has 1 unspecified atom stereocenters. The molecule has 0 bridgehead atoms. The second-order valence-corrected chi connectivity index (χ2v) is 6.65. The Hall–Kier alpha value is -1.84. The molecule has 0 aliphatic heterocycles. The monoisotopic (exact) mass is 301 g/mol. The van der Waals surface area contributed by atoms with Crippen molar-refractivity contribution in [2.24, 2.45) is 5.92 Å². The molecule has 4 heteroatoms. The Bertz CT molecular complexity index is 592. The van der Waals surface area contributed by atoms with E-state index in [-0.39, 0.29) is 11.9 Å². The van der Waals surface area contributed by atoms with Crippen molar-refractivity contribution < 1.29 is 14.7 Å². The van der Waals surface area contributed by atoms with Crippen molar-refractivity contribution in [1.29, 1.82) is 0 Å². The molecule has 0 radical (unpaired) electrons. The van der Waals surface area contributed by atoms with Gasteiger partial charge in [0.25, 0.3) is 0 Å². The summed E-state index contributed by atoms with van der Waals surface area (Å²) in [5.74, 6) is -1.28. The number of carboxylic acids is 1. The summed E-state index contributed by atoms with van der Waals surface area (Å²) in [6, 6.07) is 6.61. The average molecular weight is 301 g/mol. The Morgan fingerprint density at radius 3 is 2.68 bits per heavy atom. The van der Waals surface area contributed by atoms with E-state index in [4.69, 9.17) is 5.11 Å². The maximum atomic E-state index is 12.6. The van der Waals surface area contributed by atoms with Gasteiger partial charge in [-0.3, -0.25) is 9.59 Å². The number of amides is 1. The van der Waals surface area contributed by atoms with Crippen molar-refractivity contribution in [1.82, 2.24) is 4.90 Å². The van der Waals surface area contributed by atoms with E-state index in [0.717, 1.165) is 31.2 Å². The van der Waals surface area contributed by atoms with Gasteiger partial charge in [-0.25, -0.2) is 0 Å². The Morgan fingerprint density at radius 2 is 2.00 bits per heavy atom. The minimum Gasteiger partial charge on any atom is -0.481 e. The summed E-state index contributed by atoms with van der Waals surface area (Å²) in [6.07, 6.45) is 5.85. The van der Waals surface area contributed by atoms with Crippen LogP contribution in [0, 0.1) is 5.92 Å². The number of aryl methyl sites for hydroxylation is 2. The first kappa shape index (κ1) is 15.1. The van der Waals surface area contributed by atoms with E-state index < -0.39 is 11.9 Å². The summed E-state index contributed by atoms with van der Waals surface area (Å²) in [5, 5.41) is 9.07. The summed E-state index contributed by atoms with van der Waals surface area (Å²) in [4.78, 5) is 25.4. The third-order valence-corrected chi connectivity index (χ3v) is 4.72. The zero-order valence-corrected chi connectivity index (χ0v) is 13.0. The SMILES string of the molecule is CC(CN(C(=O)Cc1ccc2c(c1)CCC2)C1CC1)C(=O)O. The molecule has 0 aromatic heterocycles. The van der Waals surface area contributed by atoms with Gasteiger partial charge in [-0.2, -0.15) is 0 Å². The number of hydrogen-bond acceptors (Lipinski definition) is 2. The number of aliphatic carboxylic acids is 1. The summed E-state index contributed by atoms with van der Waals surface area (Å²) >= 11 is 0. The van der Waals surface area contributed by atoms with Crippen LogP contribution in [0.5, 0.6) is 0 Å². The van der Waals surface area contributed by atoms with Gasteiger partial charge >= 0.3 is 5.97 Å². The highest BCUT2D eigenvalue weighted by Gasteiger charge is 2.34. The molecule has 2 aliphatic carbocycles. The number of nitrogens with zero attached hydrogens (tertiary/aromatic N) is 1. The Morgan fingerprint density at radius 1 is 1.27 bits per heavy atom. The van der Waals surface area contributed by atoms with Crippen LogP contribution >= 0.6 is 0 Å². The maximum Gasteiger partial charge on any atom is 0.308 e. The number of fused-ring (bicyclic) bond motifs is 1. The van der Waals surface area contributed by atoms with Gasteiger partial charge in [-0.1, -0.05) is 25.1 Å². The minimum absolute atomic E-state index is 0.0635. The minimum atomic E-state index is -0.837. The zero-order valence-electron chi connectivity index (χ0n) is 13.0. The summed E-state index contributed by atoms with van der Waals surface area (Å²) < 4.78 is 0. The third kappa shape index (κ3) is 3.32. The van der Waals surface area contributed by atoms with E-state index in [9.17, 15) is 9.59 Å². The normalized spacial score (nSPS) is 17.9. The van der Waals surface area contributed by atoms with Gasteiger partial charge in [-0.05, 0) is 48.8 Å². The fraction of sp³-hybridized carbons (Fsp3) is 0.556. The maximum absolute atomic E-state index is 12.6. The van der Waals surface area contributed by atoms with E-state index in [1.807, 2.05) is 6.07 Å². The van der Waals surface area contributed by atoms with Crippen LogP contribution in [0.3, 0.4) is 0 Å². The molecule has 1 saturated carbocycles. The van der Waals surface area contributed by atoms with Gasteiger partial charge in [0.15, 0.2) is 0 Å². The molecular formula is C18H23NO3. The van der Waals surface area contributed by atoms with E-state index in [0.29, 0.717) is 13.0 Å². The van der Waals surface area contributed by atoms with Crippen LogP contribution in [0.2, 0.25) is 0 Å². The first-order valence-corrected chi connectivity index (χ1v) is 8.17. The van der Waals surface area contributed by atoms with Crippen molar-refractivity contribution >= 4 is 11.9 Å². The molecule has 1 fully saturated rings. The molecule has 1 amide bonds. The molecule has 1 aromatic carbocycles. The second-order valence-electron chi connectivity index (χ2n) is 6.65. The largest absolute Gasteiger partial charge is 0.481 e. The molecule has 0 saturated heterocycles. The van der Waals surface area contributed by atoms with E-state index >= 15 is 0 Å². The highest BCUT2D eigenvalue weighted by molar-refractivity contribution is 5.80. The van der Waals surface area contributed by atoms with Crippen LogP contribution in [0.25, 0.3) is 0 Å². The van der Waals surface area contributed by atoms with E-state index in [1.165, 1.54) is 17.5 Å². The van der Waals surface area contributed by atoms with Crippen molar-refractivity contribution in [3.8, 4) is 0 Å². The predicted molar refractivity (Wildman–Crippen MR) is 83.7 cm³/mol. The van der Waals surface area contributed by atoms with E-state index in [2.05, 4.69) is 12.1 Å². The lowest BCUT2D eigenvalue weighted by atomic mass is 10.0. The Labute approximate surface area is 131 Å². The first-order valence-electron chi connectivity index (χ1n) is 8.17. The van der Waals surface area contributed by atoms with Crippen LogP contribution in [0.15, 0.2) is 18.2 Å². The van der Waals surface area contributed by atoms with Crippen LogP contribution in [-0.4, -0.2) is 34.5 Å². The molecule has 22 heavy (non-hydrogen) atoms. The Kier molecular flexibility index (Phi) is 4.19. The lowest BCUT2D eigenvalue weighted by Crippen LogP contribution is -2.39. The third-order valence-electron chi connectivity index (χ3n) is 4.72. The van der Waals surface area contributed by atoms with Gasteiger partial charge in [0, 0.05) is 12.6 Å². The number of carboxylic acid groups (broad SMARTS) is 1. The number of hydrogen-bond donors (Lipinski definition) is 1. The standard InChI is InChI=1S/C18H23NO3/c1-12(18(21)22)11-19(16-7-8-16)17(20)10-13-5-6-14-3-2-4-15(14)9-13/h5-6,9,12,16H,2-4,7-8,10-11H2,1H3,(H,21,22). The van der Waals surface area contributed by atoms with Crippen molar-refractivity contribution in [3.63, 3.8) is 0 Å². The van der Waals surface area contributed by atoms with Crippen LogP contribution in [0.1, 0.15) is 42.9 Å². The van der Waals surface area contributed by atoms with Crippen LogP contribution in [-0.2, 0) is 28.9 Å². The van der Waals surface area contributed by atoms with Gasteiger partial charge < -0.3 is 10.0 Å². The van der Waals surface area contributed by atoms with Gasteiger partial charge in [0.1, 0.15) is 0 Å². The molecular weight excluding hydrogens is 278 g/mol. The fourth-order valence-electron chi connectivity index (χ4n) is 3.23. The highest BCUT2D eigenvalue weighted by Crippen LogP contribution is 2.29. The lowest BCUT2D eigenvalue weighted by molar-refractivity contribution is -0.143.